The molecule has 0 aromatic rings. The lowest BCUT2D eigenvalue weighted by Gasteiger charge is -2.40. The van der Waals surface area contributed by atoms with E-state index in [1.807, 2.05) is 0 Å². The summed E-state index contributed by atoms with van der Waals surface area (Å²) in [6.07, 6.45) is 2.40. The zero-order valence-electron chi connectivity index (χ0n) is 8.32. The molecule has 0 aliphatic heterocycles. The fourth-order valence-electron chi connectivity index (χ4n) is 1.47. The van der Waals surface area contributed by atoms with E-state index in [0.29, 0.717) is 0 Å². The van der Waals surface area contributed by atoms with Gasteiger partial charge in [0.25, 0.3) is 0 Å². The summed E-state index contributed by atoms with van der Waals surface area (Å²) in [4.78, 5) is 0. The van der Waals surface area contributed by atoms with Crippen LogP contribution in [0.25, 0.3) is 0 Å². The Morgan fingerprint density at radius 2 is 2.14 bits per heavy atom. The number of methoxy groups -OCH3 is 1. The maximum absolute atomic E-state index is 11.5. The van der Waals surface area contributed by atoms with Crippen LogP contribution < -0.4 is 4.72 Å². The van der Waals surface area contributed by atoms with E-state index in [2.05, 4.69) is 4.72 Å². The number of hydrogen-bond donors (Lipinski definition) is 2. The van der Waals surface area contributed by atoms with Gasteiger partial charge in [-0.3, -0.25) is 0 Å². The van der Waals surface area contributed by atoms with E-state index in [0.717, 1.165) is 19.3 Å². The highest BCUT2D eigenvalue weighted by atomic mass is 32.2. The number of ether oxygens (including phenoxy) is 1. The number of sulfonamides is 1. The van der Waals surface area contributed by atoms with Crippen molar-refractivity contribution in [2.45, 2.75) is 24.8 Å². The fourth-order valence-corrected chi connectivity index (χ4v) is 2.89. The Morgan fingerprint density at radius 3 is 2.50 bits per heavy atom. The third kappa shape index (κ3) is 2.91. The molecule has 1 fully saturated rings. The van der Waals surface area contributed by atoms with E-state index in [4.69, 9.17) is 9.84 Å². The number of aliphatic hydroxyl groups excluding tert-OH is 1. The third-order valence-electron chi connectivity index (χ3n) is 2.54. The summed E-state index contributed by atoms with van der Waals surface area (Å²) in [5.74, 6) is -0.0503. The standard InChI is InChI=1S/C8H17NO4S/c1-13-5-6-14(11,12)9-8(7-10)3-2-4-8/h9-10H,2-7H2,1H3. The second-order valence-electron chi connectivity index (χ2n) is 3.71. The molecule has 0 spiro atoms. The summed E-state index contributed by atoms with van der Waals surface area (Å²) >= 11 is 0. The lowest BCUT2D eigenvalue weighted by atomic mass is 9.78. The van der Waals surface area contributed by atoms with Crippen LogP contribution in [-0.4, -0.2) is 45.1 Å². The Kier molecular flexibility index (Phi) is 3.88. The first-order valence-electron chi connectivity index (χ1n) is 4.65. The zero-order chi connectivity index (χ0) is 10.7. The molecule has 0 bridgehead atoms. The Balaban J connectivity index is 2.49. The average molecular weight is 223 g/mol. The van der Waals surface area contributed by atoms with Crippen LogP contribution in [0.5, 0.6) is 0 Å². The van der Waals surface area contributed by atoms with E-state index in [1.54, 1.807) is 0 Å². The molecule has 1 saturated carbocycles. The number of aliphatic hydroxyl groups is 1. The Morgan fingerprint density at radius 1 is 1.50 bits per heavy atom. The van der Waals surface area contributed by atoms with E-state index < -0.39 is 15.6 Å². The largest absolute Gasteiger partial charge is 0.394 e. The minimum Gasteiger partial charge on any atom is -0.394 e. The van der Waals surface area contributed by atoms with Crippen LogP contribution >= 0.6 is 0 Å². The summed E-state index contributed by atoms with van der Waals surface area (Å²) in [5, 5.41) is 9.07. The minimum absolute atomic E-state index is 0.0503. The van der Waals surface area contributed by atoms with Gasteiger partial charge < -0.3 is 9.84 Å². The first-order valence-corrected chi connectivity index (χ1v) is 6.30. The summed E-state index contributed by atoms with van der Waals surface area (Å²) in [7, 11) is -1.85. The van der Waals surface area contributed by atoms with Crippen molar-refractivity contribution in [3.05, 3.63) is 0 Å². The molecule has 0 radical (unpaired) electrons. The molecule has 0 aromatic heterocycles. The van der Waals surface area contributed by atoms with Gasteiger partial charge in [-0.15, -0.1) is 0 Å². The van der Waals surface area contributed by atoms with Crippen molar-refractivity contribution >= 4 is 10.0 Å². The maximum atomic E-state index is 11.5. The van der Waals surface area contributed by atoms with Crippen molar-refractivity contribution in [2.24, 2.45) is 0 Å². The molecule has 0 atom stereocenters. The Hall–Kier alpha value is -0.170. The minimum atomic E-state index is -3.31. The van der Waals surface area contributed by atoms with Crippen LogP contribution in [0.3, 0.4) is 0 Å². The van der Waals surface area contributed by atoms with E-state index >= 15 is 0 Å². The summed E-state index contributed by atoms with van der Waals surface area (Å²) in [5.41, 5.74) is -0.591. The molecule has 5 nitrogen and oxygen atoms in total. The quantitative estimate of drug-likeness (QED) is 0.634. The van der Waals surface area contributed by atoms with Gasteiger partial charge in [-0.2, -0.15) is 0 Å². The first kappa shape index (κ1) is 11.9. The molecule has 84 valence electrons. The Bertz CT molecular complexity index is 266. The molecule has 0 amide bonds. The molecule has 0 heterocycles. The summed E-state index contributed by atoms with van der Waals surface area (Å²) in [6.45, 7) is 0.0516. The Labute approximate surface area is 84.5 Å². The third-order valence-corrected chi connectivity index (χ3v) is 3.99. The SMILES string of the molecule is COCCS(=O)(=O)NC1(CO)CCC1. The molecule has 1 aliphatic rings. The number of nitrogens with one attached hydrogen (secondary N) is 1. The van der Waals surface area contributed by atoms with Gasteiger partial charge in [0.15, 0.2) is 0 Å². The molecule has 2 N–H and O–H groups in total. The first-order chi connectivity index (χ1) is 6.54. The smallest absolute Gasteiger partial charge is 0.214 e. The summed E-state index contributed by atoms with van der Waals surface area (Å²) in [6, 6.07) is 0. The van der Waals surface area contributed by atoms with Gasteiger partial charge in [0, 0.05) is 7.11 Å². The number of hydrogen-bond acceptors (Lipinski definition) is 4. The fraction of sp³-hybridized carbons (Fsp3) is 1.00. The van der Waals surface area contributed by atoms with Crippen molar-refractivity contribution in [1.82, 2.24) is 4.72 Å². The molecular weight excluding hydrogens is 206 g/mol. The molecular formula is C8H17NO4S. The van der Waals surface area contributed by atoms with Gasteiger partial charge in [-0.25, -0.2) is 13.1 Å². The molecule has 0 saturated heterocycles. The van der Waals surface area contributed by atoms with E-state index in [9.17, 15) is 8.42 Å². The molecule has 6 heteroatoms. The van der Waals surface area contributed by atoms with Crippen molar-refractivity contribution in [3.8, 4) is 0 Å². The molecule has 0 unspecified atom stereocenters. The van der Waals surface area contributed by atoms with Gasteiger partial charge in [-0.1, -0.05) is 0 Å². The van der Waals surface area contributed by atoms with Crippen LogP contribution in [0.1, 0.15) is 19.3 Å². The second-order valence-corrected chi connectivity index (χ2v) is 5.55. The van der Waals surface area contributed by atoms with Gasteiger partial charge in [0.1, 0.15) is 0 Å². The van der Waals surface area contributed by atoms with Crippen LogP contribution in [0.4, 0.5) is 0 Å². The zero-order valence-corrected chi connectivity index (χ0v) is 9.14. The summed E-state index contributed by atoms with van der Waals surface area (Å²) < 4.78 is 30.1. The highest BCUT2D eigenvalue weighted by Gasteiger charge is 2.39. The predicted molar refractivity (Wildman–Crippen MR) is 52.5 cm³/mol. The highest BCUT2D eigenvalue weighted by molar-refractivity contribution is 7.89. The van der Waals surface area contributed by atoms with Crippen molar-refractivity contribution in [3.63, 3.8) is 0 Å². The molecule has 1 rings (SSSR count). The molecule has 14 heavy (non-hydrogen) atoms. The van der Waals surface area contributed by atoms with Crippen molar-refractivity contribution in [1.29, 1.82) is 0 Å². The number of rotatable bonds is 6. The van der Waals surface area contributed by atoms with E-state index in [1.165, 1.54) is 7.11 Å². The molecule has 1 aliphatic carbocycles. The monoisotopic (exact) mass is 223 g/mol. The van der Waals surface area contributed by atoms with Crippen molar-refractivity contribution < 1.29 is 18.3 Å². The van der Waals surface area contributed by atoms with Gasteiger partial charge in [0.2, 0.25) is 10.0 Å². The second kappa shape index (κ2) is 4.57. The predicted octanol–water partition coefficient (Wildman–Crippen LogP) is -0.533. The molecule has 0 aromatic carbocycles. The van der Waals surface area contributed by atoms with Crippen LogP contribution in [0.15, 0.2) is 0 Å². The average Bonchev–Trinajstić information content (AvgIpc) is 2.08. The lowest BCUT2D eigenvalue weighted by molar-refractivity contribution is 0.110. The lowest BCUT2D eigenvalue weighted by Crippen LogP contribution is -2.56. The van der Waals surface area contributed by atoms with Crippen molar-refractivity contribution in [2.75, 3.05) is 26.1 Å². The highest BCUT2D eigenvalue weighted by Crippen LogP contribution is 2.31. The van der Waals surface area contributed by atoms with Crippen LogP contribution in [0, 0.1) is 0 Å². The maximum Gasteiger partial charge on any atom is 0.214 e. The van der Waals surface area contributed by atoms with Gasteiger partial charge >= 0.3 is 0 Å². The van der Waals surface area contributed by atoms with Gasteiger partial charge in [-0.05, 0) is 19.3 Å². The van der Waals surface area contributed by atoms with E-state index in [-0.39, 0.29) is 19.0 Å². The van der Waals surface area contributed by atoms with Crippen LogP contribution in [-0.2, 0) is 14.8 Å². The van der Waals surface area contributed by atoms with Gasteiger partial charge in [0.05, 0.1) is 24.5 Å². The topological polar surface area (TPSA) is 75.6 Å². The van der Waals surface area contributed by atoms with Crippen LogP contribution in [0.2, 0.25) is 0 Å². The normalized spacial score (nSPS) is 20.4.